The molecular weight excluding hydrogens is 434 g/mol. The van der Waals surface area contributed by atoms with E-state index in [-0.39, 0.29) is 22.6 Å². The van der Waals surface area contributed by atoms with E-state index in [1.165, 1.54) is 28.4 Å². The van der Waals surface area contributed by atoms with Gasteiger partial charge < -0.3 is 0 Å². The molecule has 0 spiro atoms. The molecule has 0 atom stereocenters. The number of imide groups is 1. The molecule has 1 aliphatic rings. The van der Waals surface area contributed by atoms with E-state index in [2.05, 4.69) is 10.3 Å². The number of thiazole rings is 1. The van der Waals surface area contributed by atoms with Gasteiger partial charge >= 0.3 is 0 Å². The van der Waals surface area contributed by atoms with Gasteiger partial charge in [0.1, 0.15) is 0 Å². The Kier molecular flexibility index (Phi) is 5.11. The number of aromatic nitrogens is 1. The van der Waals surface area contributed by atoms with E-state index < -0.39 is 11.8 Å². The first-order valence-electron chi connectivity index (χ1n) is 10.4. The van der Waals surface area contributed by atoms with Gasteiger partial charge in [0, 0.05) is 16.5 Å². The van der Waals surface area contributed by atoms with Gasteiger partial charge in [-0.3, -0.25) is 19.7 Å². The van der Waals surface area contributed by atoms with Gasteiger partial charge in [0.2, 0.25) is 0 Å². The van der Waals surface area contributed by atoms with Crippen LogP contribution in [0.3, 0.4) is 0 Å². The van der Waals surface area contributed by atoms with Crippen LogP contribution in [0.1, 0.15) is 42.2 Å². The topological polar surface area (TPSA) is 79.4 Å². The van der Waals surface area contributed by atoms with Crippen molar-refractivity contribution in [3.63, 3.8) is 0 Å². The summed E-state index contributed by atoms with van der Waals surface area (Å²) in [5.74, 6) is -1.21. The fourth-order valence-electron chi connectivity index (χ4n) is 3.82. The van der Waals surface area contributed by atoms with Gasteiger partial charge in [0.25, 0.3) is 17.7 Å². The minimum atomic E-state index is -0.432. The highest BCUT2D eigenvalue weighted by Crippen LogP contribution is 2.32. The van der Waals surface area contributed by atoms with Crippen LogP contribution in [0, 0.1) is 13.8 Å². The molecule has 0 fully saturated rings. The summed E-state index contributed by atoms with van der Waals surface area (Å²) in [5, 5.41) is 5.11. The lowest BCUT2D eigenvalue weighted by Crippen LogP contribution is -2.30. The van der Waals surface area contributed by atoms with E-state index in [9.17, 15) is 14.4 Å². The molecule has 0 saturated carbocycles. The van der Waals surface area contributed by atoms with E-state index in [1.54, 1.807) is 12.1 Å². The Morgan fingerprint density at radius 2 is 1.67 bits per heavy atom. The average molecular weight is 454 g/mol. The number of hydrogen-bond acceptors (Lipinski definition) is 5. The van der Waals surface area contributed by atoms with Crippen LogP contribution in [-0.4, -0.2) is 22.7 Å². The summed E-state index contributed by atoms with van der Waals surface area (Å²) in [6, 6.07) is 19.8. The summed E-state index contributed by atoms with van der Waals surface area (Å²) < 4.78 is 0. The molecule has 0 radical (unpaired) electrons. The standard InChI is InChI=1S/C26H19N3O3S/c1-15-7-6-10-22(16(15)2)29-24(31)19-12-11-18(13-20(19)25(29)32)23(30)28-26-27-21(14-33-26)17-8-4-3-5-9-17/h3-14H,1-2H3,(H,27,28,30). The summed E-state index contributed by atoms with van der Waals surface area (Å²) in [6.07, 6.45) is 0. The highest BCUT2D eigenvalue weighted by Gasteiger charge is 2.38. The first kappa shape index (κ1) is 20.8. The largest absolute Gasteiger partial charge is 0.298 e. The van der Waals surface area contributed by atoms with Crippen LogP contribution in [0.25, 0.3) is 11.3 Å². The fraction of sp³-hybridized carbons (Fsp3) is 0.0769. The molecule has 0 bridgehead atoms. The molecule has 1 N–H and O–H groups in total. The van der Waals surface area contributed by atoms with Gasteiger partial charge in [-0.05, 0) is 49.2 Å². The molecule has 7 heteroatoms. The van der Waals surface area contributed by atoms with Crippen LogP contribution < -0.4 is 10.2 Å². The quantitative estimate of drug-likeness (QED) is 0.415. The molecule has 3 amide bonds. The Labute approximate surface area is 194 Å². The molecule has 5 rings (SSSR count). The molecular formula is C26H19N3O3S. The summed E-state index contributed by atoms with van der Waals surface area (Å²) in [6.45, 7) is 3.81. The zero-order chi connectivity index (χ0) is 23.1. The van der Waals surface area contributed by atoms with Gasteiger partial charge in [-0.25, -0.2) is 9.88 Å². The van der Waals surface area contributed by atoms with Crippen molar-refractivity contribution in [3.05, 3.63) is 99.9 Å². The fourth-order valence-corrected chi connectivity index (χ4v) is 4.54. The second kappa shape index (κ2) is 8.11. The Bertz CT molecular complexity index is 1430. The normalized spacial score (nSPS) is 12.7. The number of amides is 3. The zero-order valence-corrected chi connectivity index (χ0v) is 18.8. The highest BCUT2D eigenvalue weighted by molar-refractivity contribution is 7.14. The maximum absolute atomic E-state index is 13.1. The monoisotopic (exact) mass is 453 g/mol. The first-order valence-corrected chi connectivity index (χ1v) is 11.2. The third kappa shape index (κ3) is 3.62. The number of carbonyl (C=O) groups is 3. The van der Waals surface area contributed by atoms with Gasteiger partial charge in [-0.2, -0.15) is 0 Å². The van der Waals surface area contributed by atoms with E-state index in [0.717, 1.165) is 22.4 Å². The predicted molar refractivity (Wildman–Crippen MR) is 129 cm³/mol. The van der Waals surface area contributed by atoms with Gasteiger partial charge in [-0.1, -0.05) is 42.5 Å². The van der Waals surface area contributed by atoms with Crippen LogP contribution in [0.5, 0.6) is 0 Å². The van der Waals surface area contributed by atoms with Crippen molar-refractivity contribution in [3.8, 4) is 11.3 Å². The Morgan fingerprint density at radius 1 is 0.909 bits per heavy atom. The molecule has 6 nitrogen and oxygen atoms in total. The molecule has 33 heavy (non-hydrogen) atoms. The van der Waals surface area contributed by atoms with E-state index >= 15 is 0 Å². The van der Waals surface area contributed by atoms with E-state index in [1.807, 2.05) is 61.7 Å². The molecule has 1 aliphatic heterocycles. The van der Waals surface area contributed by atoms with Crippen molar-refractivity contribution < 1.29 is 14.4 Å². The van der Waals surface area contributed by atoms with Crippen molar-refractivity contribution in [2.75, 3.05) is 10.2 Å². The molecule has 0 aliphatic carbocycles. The third-order valence-electron chi connectivity index (χ3n) is 5.76. The van der Waals surface area contributed by atoms with Crippen LogP contribution >= 0.6 is 11.3 Å². The van der Waals surface area contributed by atoms with Crippen molar-refractivity contribution in [2.45, 2.75) is 13.8 Å². The van der Waals surface area contributed by atoms with Crippen molar-refractivity contribution in [1.29, 1.82) is 0 Å². The van der Waals surface area contributed by atoms with Gasteiger partial charge in [-0.15, -0.1) is 11.3 Å². The number of aryl methyl sites for hydroxylation is 1. The van der Waals surface area contributed by atoms with Crippen molar-refractivity contribution in [2.24, 2.45) is 0 Å². The summed E-state index contributed by atoms with van der Waals surface area (Å²) in [4.78, 5) is 44.6. The van der Waals surface area contributed by atoms with Crippen LogP contribution in [0.2, 0.25) is 0 Å². The Morgan fingerprint density at radius 3 is 2.45 bits per heavy atom. The predicted octanol–water partition coefficient (Wildman–Crippen LogP) is 5.48. The summed E-state index contributed by atoms with van der Waals surface area (Å²) >= 11 is 1.32. The second-order valence-electron chi connectivity index (χ2n) is 7.78. The van der Waals surface area contributed by atoms with Crippen LogP contribution in [0.15, 0.2) is 72.1 Å². The molecule has 4 aromatic rings. The number of benzene rings is 3. The van der Waals surface area contributed by atoms with E-state index in [0.29, 0.717) is 10.8 Å². The minimum absolute atomic E-state index is 0.220. The molecule has 1 aromatic heterocycles. The number of anilines is 2. The second-order valence-corrected chi connectivity index (χ2v) is 8.64. The number of nitrogens with one attached hydrogen (secondary N) is 1. The number of hydrogen-bond donors (Lipinski definition) is 1. The summed E-state index contributed by atoms with van der Waals surface area (Å²) in [5.41, 5.74) is 4.94. The van der Waals surface area contributed by atoms with Crippen LogP contribution in [-0.2, 0) is 0 Å². The van der Waals surface area contributed by atoms with Gasteiger partial charge in [0.05, 0.1) is 22.5 Å². The number of carbonyl (C=O) groups excluding carboxylic acids is 3. The smallest absolute Gasteiger partial charge is 0.266 e. The first-order chi connectivity index (χ1) is 15.9. The lowest BCUT2D eigenvalue weighted by molar-refractivity contribution is 0.0925. The SMILES string of the molecule is Cc1cccc(N2C(=O)c3ccc(C(=O)Nc4nc(-c5ccccc5)cs4)cc3C2=O)c1C. The molecule has 0 unspecified atom stereocenters. The Balaban J connectivity index is 1.40. The minimum Gasteiger partial charge on any atom is -0.298 e. The lowest BCUT2D eigenvalue weighted by atomic mass is 10.1. The van der Waals surface area contributed by atoms with Gasteiger partial charge in [0.15, 0.2) is 5.13 Å². The highest BCUT2D eigenvalue weighted by atomic mass is 32.1. The lowest BCUT2D eigenvalue weighted by Gasteiger charge is -2.17. The summed E-state index contributed by atoms with van der Waals surface area (Å²) in [7, 11) is 0. The maximum atomic E-state index is 13.1. The zero-order valence-electron chi connectivity index (χ0n) is 18.0. The average Bonchev–Trinajstić information content (AvgIpc) is 3.39. The number of rotatable bonds is 4. The molecule has 162 valence electrons. The third-order valence-corrected chi connectivity index (χ3v) is 6.52. The number of nitrogens with zero attached hydrogens (tertiary/aromatic N) is 2. The van der Waals surface area contributed by atoms with Crippen molar-refractivity contribution >= 4 is 39.9 Å². The van der Waals surface area contributed by atoms with Crippen LogP contribution in [0.4, 0.5) is 10.8 Å². The molecule has 2 heterocycles. The van der Waals surface area contributed by atoms with Crippen molar-refractivity contribution in [1.82, 2.24) is 4.98 Å². The molecule has 3 aromatic carbocycles. The molecule has 0 saturated heterocycles. The maximum Gasteiger partial charge on any atom is 0.266 e. The van der Waals surface area contributed by atoms with E-state index in [4.69, 9.17) is 0 Å². The Hall–Kier alpha value is -4.10. The number of fused-ring (bicyclic) bond motifs is 1.